The Hall–Kier alpha value is -2.50. The summed E-state index contributed by atoms with van der Waals surface area (Å²) in [6.07, 6.45) is 5.82. The number of carbonyl (C=O) groups is 2. The van der Waals surface area contributed by atoms with Crippen molar-refractivity contribution in [3.05, 3.63) is 30.5 Å². The zero-order valence-corrected chi connectivity index (χ0v) is 14.8. The van der Waals surface area contributed by atoms with Crippen molar-refractivity contribution in [1.29, 1.82) is 0 Å². The molecule has 5 rings (SSSR count). The van der Waals surface area contributed by atoms with Gasteiger partial charge in [-0.3, -0.25) is 4.79 Å². The number of urea groups is 1. The van der Waals surface area contributed by atoms with Gasteiger partial charge < -0.3 is 20.1 Å². The smallest absolute Gasteiger partial charge is 0.321 e. The molecule has 0 aliphatic carbocycles. The highest BCUT2D eigenvalue weighted by Crippen LogP contribution is 2.38. The van der Waals surface area contributed by atoms with E-state index in [-0.39, 0.29) is 6.03 Å². The van der Waals surface area contributed by atoms with Crippen molar-refractivity contribution < 1.29 is 9.59 Å². The van der Waals surface area contributed by atoms with Crippen LogP contribution in [0.1, 0.15) is 25.7 Å². The first-order valence-electron chi connectivity index (χ1n) is 9.60. The van der Waals surface area contributed by atoms with Gasteiger partial charge in [-0.05, 0) is 55.4 Å². The Labute approximate surface area is 152 Å². The highest BCUT2D eigenvalue weighted by atomic mass is 16.2. The SMILES string of the molecule is O=C(Nc1ccc2[nH]ccc2c1)N1CC2CC(C1)[C@@H]1CCCC(=O)N1C2. The standard InChI is InChI=1S/C20H24N4O2/c25-19-3-1-2-18-15-8-13(11-24(18)19)10-23(12-15)20(26)22-16-4-5-17-14(9-16)6-7-21-17/h4-7,9,13,15,18,21H,1-3,8,10-12H2,(H,22,26)/t13?,15?,18-/m0/s1. The van der Waals surface area contributed by atoms with E-state index < -0.39 is 0 Å². The lowest BCUT2D eigenvalue weighted by Crippen LogP contribution is -2.61. The molecule has 4 heterocycles. The number of likely N-dealkylation sites (tertiary alicyclic amines) is 1. The molecule has 3 atom stereocenters. The Morgan fingerprint density at radius 1 is 1.19 bits per heavy atom. The van der Waals surface area contributed by atoms with Crippen LogP contribution in [0.25, 0.3) is 10.9 Å². The highest BCUT2D eigenvalue weighted by molar-refractivity contribution is 5.93. The average molecular weight is 352 g/mol. The number of fused-ring (bicyclic) bond motifs is 5. The summed E-state index contributed by atoms with van der Waals surface area (Å²) in [6.45, 7) is 2.31. The first-order valence-corrected chi connectivity index (χ1v) is 9.60. The number of nitrogens with zero attached hydrogens (tertiary/aromatic N) is 2. The first-order chi connectivity index (χ1) is 12.7. The summed E-state index contributed by atoms with van der Waals surface area (Å²) in [4.78, 5) is 32.3. The summed E-state index contributed by atoms with van der Waals surface area (Å²) in [5, 5.41) is 4.15. The second kappa shape index (κ2) is 6.04. The number of aromatic nitrogens is 1. The topological polar surface area (TPSA) is 68.4 Å². The van der Waals surface area contributed by atoms with Crippen LogP contribution in [0.5, 0.6) is 0 Å². The van der Waals surface area contributed by atoms with Crippen molar-refractivity contribution in [1.82, 2.24) is 14.8 Å². The van der Waals surface area contributed by atoms with E-state index in [0.29, 0.717) is 30.2 Å². The molecule has 1 aromatic heterocycles. The van der Waals surface area contributed by atoms with E-state index in [0.717, 1.165) is 55.5 Å². The number of hydrogen-bond acceptors (Lipinski definition) is 2. The Morgan fingerprint density at radius 2 is 2.12 bits per heavy atom. The molecule has 6 heteroatoms. The minimum absolute atomic E-state index is 0.0230. The molecule has 2 bridgehead atoms. The van der Waals surface area contributed by atoms with E-state index in [1.165, 1.54) is 0 Å². The highest BCUT2D eigenvalue weighted by Gasteiger charge is 2.44. The van der Waals surface area contributed by atoms with E-state index in [2.05, 4.69) is 15.2 Å². The largest absolute Gasteiger partial charge is 0.361 e. The van der Waals surface area contributed by atoms with Crippen molar-refractivity contribution in [2.75, 3.05) is 25.0 Å². The second-order valence-corrected chi connectivity index (χ2v) is 7.98. The Bertz CT molecular complexity index is 860. The summed E-state index contributed by atoms with van der Waals surface area (Å²) in [6, 6.07) is 8.23. The third kappa shape index (κ3) is 2.64. The molecule has 2 unspecified atom stereocenters. The number of aromatic amines is 1. The van der Waals surface area contributed by atoms with Gasteiger partial charge in [-0.15, -0.1) is 0 Å². The lowest BCUT2D eigenvalue weighted by Gasteiger charge is -2.52. The zero-order valence-electron chi connectivity index (χ0n) is 14.8. The van der Waals surface area contributed by atoms with Crippen LogP contribution in [0.4, 0.5) is 10.5 Å². The van der Waals surface area contributed by atoms with Crippen molar-refractivity contribution in [2.45, 2.75) is 31.7 Å². The third-order valence-corrected chi connectivity index (χ3v) is 6.27. The molecule has 6 nitrogen and oxygen atoms in total. The third-order valence-electron chi connectivity index (χ3n) is 6.27. The molecule has 3 fully saturated rings. The van der Waals surface area contributed by atoms with E-state index in [4.69, 9.17) is 0 Å². The molecule has 3 aliphatic rings. The van der Waals surface area contributed by atoms with Crippen LogP contribution in [0.15, 0.2) is 30.5 Å². The van der Waals surface area contributed by atoms with Gasteiger partial charge in [0.05, 0.1) is 0 Å². The molecule has 1 aromatic carbocycles. The van der Waals surface area contributed by atoms with E-state index in [1.54, 1.807) is 0 Å². The number of amides is 3. The molecule has 2 aromatic rings. The van der Waals surface area contributed by atoms with Gasteiger partial charge in [-0.1, -0.05) is 0 Å². The normalized spacial score (nSPS) is 28.2. The van der Waals surface area contributed by atoms with Crippen LogP contribution in [0, 0.1) is 11.8 Å². The van der Waals surface area contributed by atoms with Crippen molar-refractivity contribution in [3.8, 4) is 0 Å². The lowest BCUT2D eigenvalue weighted by atomic mass is 9.76. The number of anilines is 1. The van der Waals surface area contributed by atoms with Crippen molar-refractivity contribution >= 4 is 28.5 Å². The summed E-state index contributed by atoms with van der Waals surface area (Å²) in [7, 11) is 0. The molecule has 3 aliphatic heterocycles. The van der Waals surface area contributed by atoms with E-state index in [9.17, 15) is 9.59 Å². The monoisotopic (exact) mass is 352 g/mol. The predicted octanol–water partition coefficient (Wildman–Crippen LogP) is 3.03. The quantitative estimate of drug-likeness (QED) is 0.828. The van der Waals surface area contributed by atoms with E-state index in [1.807, 2.05) is 35.4 Å². The molecule has 3 saturated heterocycles. The lowest BCUT2D eigenvalue weighted by molar-refractivity contribution is -0.144. The minimum Gasteiger partial charge on any atom is -0.361 e. The van der Waals surface area contributed by atoms with Gasteiger partial charge in [0.15, 0.2) is 0 Å². The number of rotatable bonds is 1. The van der Waals surface area contributed by atoms with Crippen LogP contribution in [-0.4, -0.2) is 52.4 Å². The fourth-order valence-corrected chi connectivity index (χ4v) is 5.11. The van der Waals surface area contributed by atoms with Gasteiger partial charge in [0.25, 0.3) is 0 Å². The minimum atomic E-state index is -0.0230. The van der Waals surface area contributed by atoms with Crippen molar-refractivity contribution in [2.24, 2.45) is 11.8 Å². The summed E-state index contributed by atoms with van der Waals surface area (Å²) in [5.74, 6) is 1.14. The average Bonchev–Trinajstić information content (AvgIpc) is 3.10. The zero-order chi connectivity index (χ0) is 17.7. The summed E-state index contributed by atoms with van der Waals surface area (Å²) >= 11 is 0. The molecular weight excluding hydrogens is 328 g/mol. The maximum Gasteiger partial charge on any atom is 0.321 e. The second-order valence-electron chi connectivity index (χ2n) is 7.98. The van der Waals surface area contributed by atoms with Gasteiger partial charge in [-0.2, -0.15) is 0 Å². The number of carbonyl (C=O) groups excluding carboxylic acids is 2. The molecular formula is C20H24N4O2. The Kier molecular flexibility index (Phi) is 3.65. The van der Waals surface area contributed by atoms with Crippen LogP contribution in [0.3, 0.4) is 0 Å². The Balaban J connectivity index is 1.30. The van der Waals surface area contributed by atoms with Gasteiger partial charge in [0, 0.05) is 54.9 Å². The molecule has 0 saturated carbocycles. The van der Waals surface area contributed by atoms with Gasteiger partial charge in [0.2, 0.25) is 5.91 Å². The fourth-order valence-electron chi connectivity index (χ4n) is 5.11. The maximum atomic E-state index is 12.8. The molecule has 26 heavy (non-hydrogen) atoms. The number of piperidine rings is 3. The van der Waals surface area contributed by atoms with Gasteiger partial charge in [0.1, 0.15) is 0 Å². The van der Waals surface area contributed by atoms with Crippen LogP contribution in [-0.2, 0) is 4.79 Å². The first kappa shape index (κ1) is 15.7. The van der Waals surface area contributed by atoms with Crippen molar-refractivity contribution in [3.63, 3.8) is 0 Å². The fraction of sp³-hybridized carbons (Fsp3) is 0.500. The Morgan fingerprint density at radius 3 is 3.04 bits per heavy atom. The molecule has 0 spiro atoms. The van der Waals surface area contributed by atoms with E-state index >= 15 is 0 Å². The number of H-pyrrole nitrogens is 1. The summed E-state index contributed by atoms with van der Waals surface area (Å²) in [5.41, 5.74) is 1.89. The predicted molar refractivity (Wildman–Crippen MR) is 99.8 cm³/mol. The molecule has 0 radical (unpaired) electrons. The number of nitrogens with one attached hydrogen (secondary N) is 2. The summed E-state index contributed by atoms with van der Waals surface area (Å²) < 4.78 is 0. The number of benzene rings is 1. The van der Waals surface area contributed by atoms with Crippen LogP contribution < -0.4 is 5.32 Å². The van der Waals surface area contributed by atoms with Crippen LogP contribution in [0.2, 0.25) is 0 Å². The molecule has 3 amide bonds. The maximum absolute atomic E-state index is 12.8. The number of hydrogen-bond donors (Lipinski definition) is 2. The molecule has 136 valence electrons. The molecule has 2 N–H and O–H groups in total. The van der Waals surface area contributed by atoms with Crippen LogP contribution >= 0.6 is 0 Å². The van der Waals surface area contributed by atoms with Gasteiger partial charge >= 0.3 is 6.03 Å². The van der Waals surface area contributed by atoms with Gasteiger partial charge in [-0.25, -0.2) is 4.79 Å².